The number of hydrogen-bond donors (Lipinski definition) is 1. The Morgan fingerprint density at radius 1 is 1.11 bits per heavy atom. The van der Waals surface area contributed by atoms with Crippen LogP contribution in [0, 0.1) is 6.92 Å². The predicted octanol–water partition coefficient (Wildman–Crippen LogP) is 3.13. The lowest BCUT2D eigenvalue weighted by Crippen LogP contribution is -2.06. The van der Waals surface area contributed by atoms with Gasteiger partial charge in [-0.1, -0.05) is 48.0 Å². The van der Waals surface area contributed by atoms with Crippen LogP contribution in [0.5, 0.6) is 5.75 Å². The van der Waals surface area contributed by atoms with Crippen LogP contribution in [0.15, 0.2) is 53.6 Å². The van der Waals surface area contributed by atoms with Gasteiger partial charge in [-0.15, -0.1) is 0 Å². The molecule has 0 spiro atoms. The molecule has 0 atom stereocenters. The van der Waals surface area contributed by atoms with E-state index in [1.165, 1.54) is 5.56 Å². The maximum atomic E-state index is 5.28. The summed E-state index contributed by atoms with van der Waals surface area (Å²) in [4.78, 5) is 0. The number of aryl methyl sites for hydroxylation is 1. The summed E-state index contributed by atoms with van der Waals surface area (Å²) in [5, 5.41) is 4.21. The normalized spacial score (nSPS) is 10.6. The molecular formula is C16H18N2O. The van der Waals surface area contributed by atoms with Crippen molar-refractivity contribution in [3.8, 4) is 5.75 Å². The first-order valence-electron chi connectivity index (χ1n) is 6.24. The van der Waals surface area contributed by atoms with Crippen molar-refractivity contribution in [1.29, 1.82) is 0 Å². The van der Waals surface area contributed by atoms with Crippen molar-refractivity contribution >= 4 is 6.21 Å². The third-order valence-electron chi connectivity index (χ3n) is 2.84. The first kappa shape index (κ1) is 13.1. The van der Waals surface area contributed by atoms with Crippen LogP contribution in [-0.4, -0.2) is 13.3 Å². The van der Waals surface area contributed by atoms with Crippen molar-refractivity contribution < 1.29 is 4.74 Å². The molecular weight excluding hydrogens is 236 g/mol. The number of methoxy groups -OCH3 is 1. The average Bonchev–Trinajstić information content (AvgIpc) is 2.46. The molecule has 0 unspecified atom stereocenters. The Kier molecular flexibility index (Phi) is 4.56. The summed E-state index contributed by atoms with van der Waals surface area (Å²) in [5.74, 6) is 0.875. The molecule has 0 saturated carbocycles. The van der Waals surface area contributed by atoms with Gasteiger partial charge in [-0.2, -0.15) is 5.10 Å². The van der Waals surface area contributed by atoms with Gasteiger partial charge in [-0.25, -0.2) is 0 Å². The van der Waals surface area contributed by atoms with Crippen molar-refractivity contribution in [2.24, 2.45) is 5.10 Å². The fraction of sp³-hybridized carbons (Fsp3) is 0.188. The monoisotopic (exact) mass is 254 g/mol. The number of nitrogens with one attached hydrogen (secondary N) is 1. The van der Waals surface area contributed by atoms with Crippen LogP contribution >= 0.6 is 0 Å². The lowest BCUT2D eigenvalue weighted by molar-refractivity contribution is 0.408. The molecule has 1 N–H and O–H groups in total. The highest BCUT2D eigenvalue weighted by atomic mass is 16.5. The Morgan fingerprint density at radius 2 is 1.84 bits per heavy atom. The molecule has 0 heterocycles. The van der Waals surface area contributed by atoms with Crippen LogP contribution in [0.3, 0.4) is 0 Å². The zero-order chi connectivity index (χ0) is 13.5. The Bertz CT molecular complexity index is 547. The summed E-state index contributed by atoms with van der Waals surface area (Å²) < 4.78 is 5.28. The molecule has 0 aromatic heterocycles. The van der Waals surface area contributed by atoms with Crippen LogP contribution < -0.4 is 10.2 Å². The van der Waals surface area contributed by atoms with Crippen LogP contribution in [0.1, 0.15) is 16.7 Å². The van der Waals surface area contributed by atoms with E-state index in [1.807, 2.05) is 42.6 Å². The quantitative estimate of drug-likeness (QED) is 0.657. The van der Waals surface area contributed by atoms with Gasteiger partial charge in [0.15, 0.2) is 0 Å². The molecule has 0 aliphatic rings. The van der Waals surface area contributed by atoms with Crippen LogP contribution in [0.25, 0.3) is 0 Å². The third kappa shape index (κ3) is 3.85. The standard InChI is InChI=1S/C16H18N2O/c1-13-7-9-14(10-8-13)11-17-18-12-15-5-3-4-6-16(15)19-2/h3-11,18H,12H2,1-2H3/b17-11-. The number of hydrogen-bond acceptors (Lipinski definition) is 3. The average molecular weight is 254 g/mol. The number of nitrogens with zero attached hydrogens (tertiary/aromatic N) is 1. The molecule has 0 amide bonds. The first-order chi connectivity index (χ1) is 9.29. The van der Waals surface area contributed by atoms with Crippen molar-refractivity contribution in [1.82, 2.24) is 5.43 Å². The van der Waals surface area contributed by atoms with Gasteiger partial charge < -0.3 is 10.2 Å². The molecule has 2 rings (SSSR count). The summed E-state index contributed by atoms with van der Waals surface area (Å²) in [6.45, 7) is 2.72. The smallest absolute Gasteiger partial charge is 0.123 e. The lowest BCUT2D eigenvalue weighted by atomic mass is 10.2. The highest BCUT2D eigenvalue weighted by Gasteiger charge is 1.99. The van der Waals surface area contributed by atoms with Gasteiger partial charge in [0.1, 0.15) is 5.75 Å². The molecule has 2 aromatic rings. The molecule has 98 valence electrons. The van der Waals surface area contributed by atoms with Crippen LogP contribution in [0.2, 0.25) is 0 Å². The number of benzene rings is 2. The van der Waals surface area contributed by atoms with Crippen molar-refractivity contribution in [2.75, 3.05) is 7.11 Å². The van der Waals surface area contributed by atoms with E-state index in [1.54, 1.807) is 7.11 Å². The van der Waals surface area contributed by atoms with Crippen molar-refractivity contribution in [3.63, 3.8) is 0 Å². The van der Waals surface area contributed by atoms with Gasteiger partial charge in [0, 0.05) is 5.56 Å². The topological polar surface area (TPSA) is 33.6 Å². The number of hydrazone groups is 1. The van der Waals surface area contributed by atoms with E-state index in [4.69, 9.17) is 4.74 Å². The second-order valence-corrected chi connectivity index (χ2v) is 4.32. The summed E-state index contributed by atoms with van der Waals surface area (Å²) in [7, 11) is 1.68. The van der Waals surface area contributed by atoms with Crippen molar-refractivity contribution in [2.45, 2.75) is 13.5 Å². The molecule has 0 aliphatic heterocycles. The molecule has 3 heteroatoms. The highest BCUT2D eigenvalue weighted by Crippen LogP contribution is 2.16. The Morgan fingerprint density at radius 3 is 2.58 bits per heavy atom. The SMILES string of the molecule is COc1ccccc1CN/N=C\c1ccc(C)cc1. The zero-order valence-corrected chi connectivity index (χ0v) is 11.3. The minimum Gasteiger partial charge on any atom is -0.496 e. The van der Waals surface area contributed by atoms with Gasteiger partial charge >= 0.3 is 0 Å². The summed E-state index contributed by atoms with van der Waals surface area (Å²) in [6, 6.07) is 16.1. The Balaban J connectivity index is 1.91. The highest BCUT2D eigenvalue weighted by molar-refractivity contribution is 5.79. The van der Waals surface area contributed by atoms with E-state index < -0.39 is 0 Å². The zero-order valence-electron chi connectivity index (χ0n) is 11.3. The minimum absolute atomic E-state index is 0.645. The van der Waals surface area contributed by atoms with E-state index in [2.05, 4.69) is 29.6 Å². The maximum absolute atomic E-state index is 5.28. The number of para-hydroxylation sites is 1. The number of ether oxygens (including phenoxy) is 1. The minimum atomic E-state index is 0.645. The molecule has 0 bridgehead atoms. The predicted molar refractivity (Wildman–Crippen MR) is 78.6 cm³/mol. The molecule has 0 fully saturated rings. The van der Waals surface area contributed by atoms with Gasteiger partial charge in [0.05, 0.1) is 19.9 Å². The molecule has 19 heavy (non-hydrogen) atoms. The summed E-state index contributed by atoms with van der Waals surface area (Å²) in [6.07, 6.45) is 1.81. The van der Waals surface area contributed by atoms with Gasteiger partial charge in [0.2, 0.25) is 0 Å². The van der Waals surface area contributed by atoms with E-state index in [0.717, 1.165) is 16.9 Å². The molecule has 0 aliphatic carbocycles. The molecule has 0 saturated heterocycles. The van der Waals surface area contributed by atoms with E-state index in [0.29, 0.717) is 6.54 Å². The molecule has 3 nitrogen and oxygen atoms in total. The molecule has 0 radical (unpaired) electrons. The van der Waals surface area contributed by atoms with Gasteiger partial charge in [-0.3, -0.25) is 0 Å². The van der Waals surface area contributed by atoms with Crippen molar-refractivity contribution in [3.05, 3.63) is 65.2 Å². The Labute approximate surface area is 113 Å². The molecule has 2 aromatic carbocycles. The van der Waals surface area contributed by atoms with Crippen LogP contribution in [0.4, 0.5) is 0 Å². The number of rotatable bonds is 5. The lowest BCUT2D eigenvalue weighted by Gasteiger charge is -2.07. The second-order valence-electron chi connectivity index (χ2n) is 4.32. The van der Waals surface area contributed by atoms with E-state index in [9.17, 15) is 0 Å². The Hall–Kier alpha value is -2.29. The van der Waals surface area contributed by atoms with E-state index in [-0.39, 0.29) is 0 Å². The third-order valence-corrected chi connectivity index (χ3v) is 2.84. The van der Waals surface area contributed by atoms with Gasteiger partial charge in [0.25, 0.3) is 0 Å². The van der Waals surface area contributed by atoms with Gasteiger partial charge in [-0.05, 0) is 18.6 Å². The first-order valence-corrected chi connectivity index (χ1v) is 6.24. The van der Waals surface area contributed by atoms with E-state index >= 15 is 0 Å². The fourth-order valence-electron chi connectivity index (χ4n) is 1.75. The second kappa shape index (κ2) is 6.59. The largest absolute Gasteiger partial charge is 0.496 e. The van der Waals surface area contributed by atoms with Crippen LogP contribution in [-0.2, 0) is 6.54 Å². The summed E-state index contributed by atoms with van der Waals surface area (Å²) >= 11 is 0. The summed E-state index contributed by atoms with van der Waals surface area (Å²) in [5.41, 5.74) is 6.45. The fourth-order valence-corrected chi connectivity index (χ4v) is 1.75. The maximum Gasteiger partial charge on any atom is 0.123 e.